The lowest BCUT2D eigenvalue weighted by molar-refractivity contribution is -0.136. The van der Waals surface area contributed by atoms with Crippen molar-refractivity contribution in [2.75, 3.05) is 26.3 Å². The van der Waals surface area contributed by atoms with E-state index in [-0.39, 0.29) is 48.8 Å². The Balaban J connectivity index is 1.33. The summed E-state index contributed by atoms with van der Waals surface area (Å²) in [5.74, 6) is -0.850. The highest BCUT2D eigenvalue weighted by Crippen LogP contribution is 2.34. The third-order valence-electron chi connectivity index (χ3n) is 6.18. The zero-order chi connectivity index (χ0) is 25.4. The zero-order valence-corrected chi connectivity index (χ0v) is 18.1. The van der Waals surface area contributed by atoms with Crippen LogP contribution in [0, 0.1) is 0 Å². The minimum atomic E-state index is -1.27. The number of carbonyl (C=O) groups is 3. The molecule has 8 heteroatoms. The summed E-state index contributed by atoms with van der Waals surface area (Å²) in [5, 5.41) is 2.28. The van der Waals surface area contributed by atoms with Crippen LogP contribution < -0.4 is 10.1 Å². The van der Waals surface area contributed by atoms with Gasteiger partial charge in [0.25, 0.3) is 5.91 Å². The highest BCUT2D eigenvalue weighted by atomic mass is 16.5. The molecule has 0 aromatic heterocycles. The Morgan fingerprint density at radius 1 is 1.12 bits per heavy atom. The van der Waals surface area contributed by atoms with E-state index in [2.05, 4.69) is 10.2 Å². The van der Waals surface area contributed by atoms with E-state index in [1.807, 2.05) is 0 Å². The molecule has 0 radical (unpaired) electrons. The molecule has 2 aromatic rings. The largest absolute Gasteiger partial charge is 0.489 e. The number of ether oxygens (including phenoxy) is 2. The van der Waals surface area contributed by atoms with E-state index in [4.69, 9.17) is 13.6 Å². The highest BCUT2D eigenvalue weighted by Gasteiger charge is 2.40. The summed E-state index contributed by atoms with van der Waals surface area (Å²) in [5.41, 5.74) is 1.92. The van der Waals surface area contributed by atoms with Gasteiger partial charge in [0.2, 0.25) is 11.8 Å². The number of nitrogens with one attached hydrogen (secondary N) is 1. The van der Waals surface area contributed by atoms with Crippen molar-refractivity contribution in [1.82, 2.24) is 15.1 Å². The van der Waals surface area contributed by atoms with Gasteiger partial charge in [-0.1, -0.05) is 30.3 Å². The average molecular weight is 453 g/mol. The van der Waals surface area contributed by atoms with E-state index in [1.165, 1.54) is 11.0 Å². The van der Waals surface area contributed by atoms with Crippen LogP contribution in [0.2, 0.25) is 0 Å². The fourth-order valence-corrected chi connectivity index (χ4v) is 4.38. The number of nitrogens with zero attached hydrogens (tertiary/aromatic N) is 2. The molecule has 172 valence electrons. The standard InChI is InChI=1S/C25H27N3O5/c29-23-9-8-21(24(30)26-23)28-15-20-19(25(28)31)2-1-3-22(20)33-16-18-6-4-17(5-7-18)14-27-10-12-32-13-11-27/h1-7,21H,8-16H2,(H,26,29,30)/i4D,7D,16D. The second kappa shape index (κ2) is 9.33. The summed E-state index contributed by atoms with van der Waals surface area (Å²) < 4.78 is 36.7. The van der Waals surface area contributed by atoms with Crippen molar-refractivity contribution in [3.63, 3.8) is 0 Å². The summed E-state index contributed by atoms with van der Waals surface area (Å²) in [7, 11) is 0. The fraction of sp³-hybridized carbons (Fsp3) is 0.400. The number of fused-ring (bicyclic) bond motifs is 1. The van der Waals surface area contributed by atoms with Crippen LogP contribution >= 0.6 is 0 Å². The van der Waals surface area contributed by atoms with Crippen molar-refractivity contribution in [1.29, 1.82) is 0 Å². The third kappa shape index (κ3) is 4.62. The van der Waals surface area contributed by atoms with Crippen molar-refractivity contribution < 1.29 is 28.0 Å². The van der Waals surface area contributed by atoms with E-state index in [0.29, 0.717) is 42.2 Å². The molecule has 0 saturated carbocycles. The predicted octanol–water partition coefficient (Wildman–Crippen LogP) is 1.86. The second-order valence-electron chi connectivity index (χ2n) is 8.36. The van der Waals surface area contributed by atoms with Gasteiger partial charge < -0.3 is 14.4 Å². The Bertz CT molecular complexity index is 1220. The molecule has 3 aliphatic rings. The normalized spacial score (nSPS) is 23.4. The Morgan fingerprint density at radius 2 is 1.91 bits per heavy atom. The minimum absolute atomic E-state index is 0.114. The van der Waals surface area contributed by atoms with Gasteiger partial charge in [0.1, 0.15) is 18.4 Å². The SMILES string of the molecule is [2H]c1cc(C([2H])Oc2cccc3c2CN(C2CCC(=O)NC2=O)C3=O)c([2H])cc1CN1CCOCC1. The molecule has 2 fully saturated rings. The first-order chi connectivity index (χ1) is 17.3. The highest BCUT2D eigenvalue weighted by molar-refractivity contribution is 6.05. The van der Waals surface area contributed by atoms with Gasteiger partial charge in [-0.05, 0) is 29.7 Å². The number of hydrogen-bond donors (Lipinski definition) is 1. The van der Waals surface area contributed by atoms with Crippen LogP contribution in [0.5, 0.6) is 5.75 Å². The number of carbonyl (C=O) groups excluding carboxylic acids is 3. The second-order valence-corrected chi connectivity index (χ2v) is 8.36. The summed E-state index contributed by atoms with van der Waals surface area (Å²) in [4.78, 5) is 40.4. The first-order valence-corrected chi connectivity index (χ1v) is 11.1. The Labute approximate surface area is 196 Å². The predicted molar refractivity (Wildman–Crippen MR) is 119 cm³/mol. The van der Waals surface area contributed by atoms with Crippen molar-refractivity contribution >= 4 is 17.7 Å². The van der Waals surface area contributed by atoms with E-state index >= 15 is 0 Å². The quantitative estimate of drug-likeness (QED) is 0.674. The molecule has 5 rings (SSSR count). The van der Waals surface area contributed by atoms with Crippen molar-refractivity contribution in [2.24, 2.45) is 0 Å². The van der Waals surface area contributed by atoms with Gasteiger partial charge in [-0.15, -0.1) is 0 Å². The number of amides is 3. The van der Waals surface area contributed by atoms with Crippen LogP contribution in [0.3, 0.4) is 0 Å². The van der Waals surface area contributed by atoms with Gasteiger partial charge in [0.05, 0.1) is 23.9 Å². The lowest BCUT2D eigenvalue weighted by Crippen LogP contribution is -2.52. The van der Waals surface area contributed by atoms with Gasteiger partial charge in [-0.3, -0.25) is 24.6 Å². The molecule has 2 unspecified atom stereocenters. The molecule has 33 heavy (non-hydrogen) atoms. The maximum absolute atomic E-state index is 13.0. The van der Waals surface area contributed by atoms with Crippen molar-refractivity contribution in [3.05, 3.63) is 64.7 Å². The molecule has 2 saturated heterocycles. The van der Waals surface area contributed by atoms with Gasteiger partial charge in [-0.25, -0.2) is 0 Å². The van der Waals surface area contributed by atoms with Crippen LogP contribution in [-0.2, 0) is 34.0 Å². The summed E-state index contributed by atoms with van der Waals surface area (Å²) in [6, 6.07) is 7.67. The maximum atomic E-state index is 13.0. The first-order valence-electron chi connectivity index (χ1n) is 12.6. The summed E-state index contributed by atoms with van der Waals surface area (Å²) in [6.45, 7) is 2.23. The Hall–Kier alpha value is -3.23. The summed E-state index contributed by atoms with van der Waals surface area (Å²) >= 11 is 0. The van der Waals surface area contributed by atoms with Crippen LogP contribution in [-0.4, -0.2) is 59.9 Å². The number of rotatable bonds is 6. The number of imide groups is 1. The van der Waals surface area contributed by atoms with Gasteiger partial charge in [-0.2, -0.15) is 0 Å². The summed E-state index contributed by atoms with van der Waals surface area (Å²) in [6.07, 6.45) is 0.422. The minimum Gasteiger partial charge on any atom is -0.489 e. The van der Waals surface area contributed by atoms with Crippen LogP contribution in [0.25, 0.3) is 0 Å². The average Bonchev–Trinajstić information content (AvgIpc) is 3.19. The van der Waals surface area contributed by atoms with Gasteiger partial charge in [0, 0.05) is 37.2 Å². The van der Waals surface area contributed by atoms with Crippen LogP contribution in [0.4, 0.5) is 0 Å². The topological polar surface area (TPSA) is 88.2 Å². The molecular weight excluding hydrogens is 422 g/mol. The Kier molecular flexibility index (Phi) is 5.15. The molecule has 2 aromatic carbocycles. The lowest BCUT2D eigenvalue weighted by atomic mass is 10.0. The molecule has 0 spiro atoms. The molecule has 3 aliphatic heterocycles. The molecule has 0 bridgehead atoms. The number of morpholine rings is 1. The van der Waals surface area contributed by atoms with E-state index in [1.54, 1.807) is 24.3 Å². The molecule has 2 atom stereocenters. The lowest BCUT2D eigenvalue weighted by Gasteiger charge is -2.29. The van der Waals surface area contributed by atoms with E-state index in [0.717, 1.165) is 13.1 Å². The first kappa shape index (κ1) is 18.2. The third-order valence-corrected chi connectivity index (χ3v) is 6.18. The Morgan fingerprint density at radius 3 is 2.73 bits per heavy atom. The number of hydrogen-bond acceptors (Lipinski definition) is 6. The maximum Gasteiger partial charge on any atom is 0.255 e. The molecule has 3 heterocycles. The van der Waals surface area contributed by atoms with Crippen LogP contribution in [0.1, 0.15) is 44.0 Å². The van der Waals surface area contributed by atoms with E-state index in [9.17, 15) is 14.4 Å². The van der Waals surface area contributed by atoms with Gasteiger partial charge >= 0.3 is 0 Å². The molecule has 3 amide bonds. The van der Waals surface area contributed by atoms with Crippen LogP contribution in [0.15, 0.2) is 42.4 Å². The fourth-order valence-electron chi connectivity index (χ4n) is 4.38. The van der Waals surface area contributed by atoms with Crippen molar-refractivity contribution in [3.8, 4) is 5.75 Å². The van der Waals surface area contributed by atoms with Gasteiger partial charge in [0.15, 0.2) is 0 Å². The van der Waals surface area contributed by atoms with Crippen molar-refractivity contribution in [2.45, 2.75) is 38.6 Å². The molecule has 1 N–H and O–H groups in total. The smallest absolute Gasteiger partial charge is 0.255 e. The number of benzene rings is 2. The van der Waals surface area contributed by atoms with E-state index < -0.39 is 18.5 Å². The molecule has 8 nitrogen and oxygen atoms in total. The number of piperidine rings is 1. The molecule has 0 aliphatic carbocycles. The monoisotopic (exact) mass is 452 g/mol. The molecular formula is C25H27N3O5. The zero-order valence-electron chi connectivity index (χ0n) is 21.1.